The number of methoxy groups -OCH3 is 1. The number of carbonyl (C=O) groups excluding carboxylic acids is 1. The second-order valence-corrected chi connectivity index (χ2v) is 8.16. The van der Waals surface area contributed by atoms with Gasteiger partial charge in [-0.15, -0.1) is 0 Å². The number of nitrogens with zero attached hydrogens (tertiary/aromatic N) is 1. The van der Waals surface area contributed by atoms with Crippen LogP contribution in [-0.4, -0.2) is 55.8 Å². The van der Waals surface area contributed by atoms with Crippen molar-refractivity contribution in [1.29, 1.82) is 0 Å². The van der Waals surface area contributed by atoms with Crippen molar-refractivity contribution in [3.63, 3.8) is 0 Å². The van der Waals surface area contributed by atoms with Crippen molar-refractivity contribution in [2.24, 2.45) is 0 Å². The molecule has 2 aliphatic rings. The zero-order chi connectivity index (χ0) is 19.2. The Morgan fingerprint density at radius 2 is 1.96 bits per heavy atom. The number of nitrogens with one attached hydrogen (secondary N) is 1. The molecule has 0 spiro atoms. The van der Waals surface area contributed by atoms with E-state index in [2.05, 4.69) is 17.1 Å². The third kappa shape index (κ3) is 5.59. The second-order valence-electron chi connectivity index (χ2n) is 7.76. The Morgan fingerprint density at radius 1 is 1.26 bits per heavy atom. The zero-order valence-electron chi connectivity index (χ0n) is 16.4. The molecular formula is C21H31ClN2O3. The normalized spacial score (nSPS) is 20.6. The van der Waals surface area contributed by atoms with Gasteiger partial charge in [-0.2, -0.15) is 0 Å². The lowest BCUT2D eigenvalue weighted by molar-refractivity contribution is 0.0475. The first-order valence-corrected chi connectivity index (χ1v) is 10.4. The summed E-state index contributed by atoms with van der Waals surface area (Å²) >= 11 is 6.40. The highest BCUT2D eigenvalue weighted by atomic mass is 35.5. The van der Waals surface area contributed by atoms with Crippen LogP contribution in [0.25, 0.3) is 0 Å². The van der Waals surface area contributed by atoms with Crippen molar-refractivity contribution < 1.29 is 14.3 Å². The van der Waals surface area contributed by atoms with E-state index in [-0.39, 0.29) is 12.0 Å². The predicted molar refractivity (Wildman–Crippen MR) is 108 cm³/mol. The maximum Gasteiger partial charge on any atom is 0.251 e. The summed E-state index contributed by atoms with van der Waals surface area (Å²) in [6.07, 6.45) is 6.63. The maximum atomic E-state index is 12.4. The van der Waals surface area contributed by atoms with Gasteiger partial charge < -0.3 is 14.8 Å². The molecule has 1 aliphatic heterocycles. The summed E-state index contributed by atoms with van der Waals surface area (Å²) in [6, 6.07) is 6.08. The van der Waals surface area contributed by atoms with Gasteiger partial charge in [0.2, 0.25) is 0 Å². The van der Waals surface area contributed by atoms with Crippen LogP contribution in [0.4, 0.5) is 0 Å². The molecule has 3 rings (SSSR count). The fraction of sp³-hybridized carbons (Fsp3) is 0.667. The lowest BCUT2D eigenvalue weighted by Gasteiger charge is -2.35. The molecule has 1 aromatic carbocycles. The van der Waals surface area contributed by atoms with E-state index in [0.29, 0.717) is 28.4 Å². The molecule has 1 saturated heterocycles. The van der Waals surface area contributed by atoms with E-state index in [1.807, 2.05) is 6.07 Å². The van der Waals surface area contributed by atoms with E-state index in [1.54, 1.807) is 19.2 Å². The van der Waals surface area contributed by atoms with E-state index < -0.39 is 0 Å². The van der Waals surface area contributed by atoms with Gasteiger partial charge in [-0.05, 0) is 50.8 Å². The fourth-order valence-electron chi connectivity index (χ4n) is 4.04. The van der Waals surface area contributed by atoms with Crippen molar-refractivity contribution in [2.75, 3.05) is 26.8 Å². The Labute approximate surface area is 167 Å². The number of halogens is 1. The molecule has 1 unspecified atom stereocenters. The van der Waals surface area contributed by atoms with Gasteiger partial charge in [0, 0.05) is 37.8 Å². The molecule has 5 nitrogen and oxygen atoms in total. The topological polar surface area (TPSA) is 50.8 Å². The summed E-state index contributed by atoms with van der Waals surface area (Å²) in [5.74, 6) is 0.619. The van der Waals surface area contributed by atoms with Gasteiger partial charge in [0.15, 0.2) is 0 Å². The molecule has 1 saturated carbocycles. The van der Waals surface area contributed by atoms with Gasteiger partial charge in [0.25, 0.3) is 5.91 Å². The summed E-state index contributed by atoms with van der Waals surface area (Å²) in [6.45, 7) is 4.93. The number of hydrogen-bond acceptors (Lipinski definition) is 4. The average molecular weight is 395 g/mol. The Balaban J connectivity index is 1.51. The van der Waals surface area contributed by atoms with E-state index in [9.17, 15) is 4.79 Å². The fourth-order valence-corrected chi connectivity index (χ4v) is 4.26. The molecule has 27 heavy (non-hydrogen) atoms. The van der Waals surface area contributed by atoms with Crippen LogP contribution in [0.3, 0.4) is 0 Å². The number of piperidine rings is 1. The van der Waals surface area contributed by atoms with Crippen molar-refractivity contribution in [2.45, 2.75) is 63.6 Å². The molecule has 1 atom stereocenters. The Hall–Kier alpha value is -1.30. The molecule has 1 heterocycles. The van der Waals surface area contributed by atoms with Gasteiger partial charge >= 0.3 is 0 Å². The summed E-state index contributed by atoms with van der Waals surface area (Å²) < 4.78 is 11.4. The van der Waals surface area contributed by atoms with Gasteiger partial charge in [0.05, 0.1) is 11.6 Å². The second kappa shape index (κ2) is 9.76. The lowest BCUT2D eigenvalue weighted by Crippen LogP contribution is -2.44. The van der Waals surface area contributed by atoms with Crippen LogP contribution in [0, 0.1) is 0 Å². The zero-order valence-corrected chi connectivity index (χ0v) is 17.1. The third-order valence-electron chi connectivity index (χ3n) is 5.69. The van der Waals surface area contributed by atoms with E-state index in [4.69, 9.17) is 21.1 Å². The number of ether oxygens (including phenoxy) is 2. The summed E-state index contributed by atoms with van der Waals surface area (Å²) in [5.41, 5.74) is 0.599. The molecule has 150 valence electrons. The number of benzene rings is 1. The van der Waals surface area contributed by atoms with Crippen LogP contribution < -0.4 is 10.1 Å². The Bertz CT molecular complexity index is 626. The minimum atomic E-state index is -0.0456. The van der Waals surface area contributed by atoms with Crippen molar-refractivity contribution in [3.8, 4) is 5.75 Å². The number of amides is 1. The predicted octanol–water partition coefficient (Wildman–Crippen LogP) is 3.89. The van der Waals surface area contributed by atoms with Crippen molar-refractivity contribution >= 4 is 17.5 Å². The number of rotatable bonds is 7. The van der Waals surface area contributed by atoms with Crippen LogP contribution in [0.5, 0.6) is 5.75 Å². The SMILES string of the molecule is COCC(C)N1CCC(Oc2ccc(C(=O)NC3CCCC3)cc2Cl)CC1. The number of likely N-dealkylation sites (tertiary alicyclic amines) is 1. The van der Waals surface area contributed by atoms with Crippen LogP contribution in [-0.2, 0) is 4.74 Å². The smallest absolute Gasteiger partial charge is 0.251 e. The number of carbonyl (C=O) groups is 1. The average Bonchev–Trinajstić information content (AvgIpc) is 3.17. The van der Waals surface area contributed by atoms with Crippen molar-refractivity contribution in [3.05, 3.63) is 28.8 Å². The Kier molecular flexibility index (Phi) is 7.39. The van der Waals surface area contributed by atoms with E-state index in [0.717, 1.165) is 45.4 Å². The van der Waals surface area contributed by atoms with Gasteiger partial charge in [-0.3, -0.25) is 9.69 Å². The Morgan fingerprint density at radius 3 is 2.59 bits per heavy atom. The largest absolute Gasteiger partial charge is 0.489 e. The monoisotopic (exact) mass is 394 g/mol. The molecule has 0 radical (unpaired) electrons. The van der Waals surface area contributed by atoms with Gasteiger partial charge in [-0.25, -0.2) is 0 Å². The maximum absolute atomic E-state index is 12.4. The molecule has 0 aromatic heterocycles. The molecule has 1 N–H and O–H groups in total. The van der Waals surface area contributed by atoms with Crippen LogP contribution >= 0.6 is 11.6 Å². The van der Waals surface area contributed by atoms with Gasteiger partial charge in [-0.1, -0.05) is 24.4 Å². The van der Waals surface area contributed by atoms with E-state index >= 15 is 0 Å². The minimum Gasteiger partial charge on any atom is -0.489 e. The van der Waals surface area contributed by atoms with Crippen LogP contribution in [0.15, 0.2) is 18.2 Å². The number of hydrogen-bond donors (Lipinski definition) is 1. The third-order valence-corrected chi connectivity index (χ3v) is 5.98. The van der Waals surface area contributed by atoms with Crippen molar-refractivity contribution in [1.82, 2.24) is 10.2 Å². The summed E-state index contributed by atoms with van der Waals surface area (Å²) in [7, 11) is 1.74. The first-order chi connectivity index (χ1) is 13.1. The molecular weight excluding hydrogens is 364 g/mol. The lowest BCUT2D eigenvalue weighted by atomic mass is 10.1. The highest BCUT2D eigenvalue weighted by Crippen LogP contribution is 2.29. The molecule has 0 bridgehead atoms. The highest BCUT2D eigenvalue weighted by molar-refractivity contribution is 6.32. The summed E-state index contributed by atoms with van der Waals surface area (Å²) in [5, 5.41) is 3.60. The first-order valence-electron chi connectivity index (χ1n) is 10.1. The first kappa shape index (κ1) is 20.4. The molecule has 6 heteroatoms. The molecule has 1 aromatic rings. The summed E-state index contributed by atoms with van der Waals surface area (Å²) in [4.78, 5) is 14.8. The highest BCUT2D eigenvalue weighted by Gasteiger charge is 2.24. The molecule has 1 amide bonds. The standard InChI is InChI=1S/C21H31ClN2O3/c1-15(14-26-2)24-11-9-18(10-12-24)27-20-8-7-16(13-19(20)22)21(25)23-17-5-3-4-6-17/h7-8,13,15,17-18H,3-6,9-12,14H2,1-2H3,(H,23,25). The molecule has 2 fully saturated rings. The van der Waals surface area contributed by atoms with E-state index in [1.165, 1.54) is 12.8 Å². The quantitative estimate of drug-likeness (QED) is 0.762. The van der Waals surface area contributed by atoms with Gasteiger partial charge in [0.1, 0.15) is 11.9 Å². The van der Waals surface area contributed by atoms with Crippen LogP contribution in [0.1, 0.15) is 55.8 Å². The minimum absolute atomic E-state index is 0.0456. The molecule has 1 aliphatic carbocycles. The van der Waals surface area contributed by atoms with Crippen LogP contribution in [0.2, 0.25) is 5.02 Å².